The summed E-state index contributed by atoms with van der Waals surface area (Å²) < 4.78 is 26.6. The van der Waals surface area contributed by atoms with E-state index in [1.165, 1.54) is 0 Å². The smallest absolute Gasteiger partial charge is 0.213 e. The highest BCUT2D eigenvalue weighted by Crippen LogP contribution is 2.31. The van der Waals surface area contributed by atoms with Gasteiger partial charge in [0, 0.05) is 18.6 Å². The molecule has 0 aromatic heterocycles. The van der Waals surface area contributed by atoms with Crippen molar-refractivity contribution in [2.24, 2.45) is 11.8 Å². The standard InChI is InChI=1S/C12H26N2O2S/c1-9(2)13-7-8-17(15,16)14-12-6-5-10(3)11(12)4/h9-14H,5-8H2,1-4H3. The van der Waals surface area contributed by atoms with Gasteiger partial charge in [-0.3, -0.25) is 0 Å². The van der Waals surface area contributed by atoms with Crippen LogP contribution in [0.25, 0.3) is 0 Å². The van der Waals surface area contributed by atoms with Crippen LogP contribution in [0.1, 0.15) is 40.5 Å². The van der Waals surface area contributed by atoms with E-state index in [0.29, 0.717) is 24.4 Å². The van der Waals surface area contributed by atoms with E-state index in [2.05, 4.69) is 23.9 Å². The second-order valence-corrected chi connectivity index (χ2v) is 7.44. The van der Waals surface area contributed by atoms with E-state index in [9.17, 15) is 8.42 Å². The molecule has 1 aliphatic rings. The molecule has 0 saturated heterocycles. The van der Waals surface area contributed by atoms with Crippen molar-refractivity contribution in [2.75, 3.05) is 12.3 Å². The van der Waals surface area contributed by atoms with Crippen LogP contribution in [0.4, 0.5) is 0 Å². The number of rotatable bonds is 6. The van der Waals surface area contributed by atoms with Crippen LogP contribution in [0, 0.1) is 11.8 Å². The summed E-state index contributed by atoms with van der Waals surface area (Å²) in [5.74, 6) is 1.24. The lowest BCUT2D eigenvalue weighted by molar-refractivity contribution is 0.402. The molecule has 3 atom stereocenters. The molecule has 102 valence electrons. The minimum atomic E-state index is -3.13. The average molecular weight is 262 g/mol. The third-order valence-electron chi connectivity index (χ3n) is 3.72. The molecule has 0 spiro atoms. The summed E-state index contributed by atoms with van der Waals surface area (Å²) in [7, 11) is -3.13. The molecular weight excluding hydrogens is 236 g/mol. The minimum absolute atomic E-state index is 0.133. The lowest BCUT2D eigenvalue weighted by Gasteiger charge is -2.19. The molecule has 0 amide bonds. The van der Waals surface area contributed by atoms with E-state index in [1.54, 1.807) is 0 Å². The van der Waals surface area contributed by atoms with E-state index >= 15 is 0 Å². The van der Waals surface area contributed by atoms with Crippen molar-refractivity contribution >= 4 is 10.0 Å². The number of sulfonamides is 1. The quantitative estimate of drug-likeness (QED) is 0.759. The molecule has 5 heteroatoms. The van der Waals surface area contributed by atoms with Crippen LogP contribution < -0.4 is 10.0 Å². The fraction of sp³-hybridized carbons (Fsp3) is 1.00. The van der Waals surface area contributed by atoms with Crippen LogP contribution in [0.3, 0.4) is 0 Å². The Morgan fingerprint density at radius 3 is 2.35 bits per heavy atom. The first-order chi connectivity index (χ1) is 7.82. The highest BCUT2D eigenvalue weighted by atomic mass is 32.2. The SMILES string of the molecule is CC(C)NCCS(=O)(=O)NC1CCC(C)C1C. The Kier molecular flexibility index (Phi) is 5.41. The molecule has 1 aliphatic carbocycles. The Balaban J connectivity index is 2.39. The number of hydrogen-bond acceptors (Lipinski definition) is 3. The summed E-state index contributed by atoms with van der Waals surface area (Å²) in [5.41, 5.74) is 0. The van der Waals surface area contributed by atoms with Crippen molar-refractivity contribution in [3.63, 3.8) is 0 Å². The topological polar surface area (TPSA) is 58.2 Å². The molecule has 1 saturated carbocycles. The lowest BCUT2D eigenvalue weighted by atomic mass is 9.98. The zero-order chi connectivity index (χ0) is 13.1. The van der Waals surface area contributed by atoms with Crippen molar-refractivity contribution in [3.05, 3.63) is 0 Å². The van der Waals surface area contributed by atoms with Gasteiger partial charge in [0.2, 0.25) is 10.0 Å². The van der Waals surface area contributed by atoms with Crippen molar-refractivity contribution in [3.8, 4) is 0 Å². The molecule has 3 unspecified atom stereocenters. The third-order valence-corrected chi connectivity index (χ3v) is 5.12. The van der Waals surface area contributed by atoms with Crippen LogP contribution in [0.5, 0.6) is 0 Å². The zero-order valence-corrected chi connectivity index (χ0v) is 12.2. The van der Waals surface area contributed by atoms with Gasteiger partial charge in [-0.25, -0.2) is 13.1 Å². The van der Waals surface area contributed by atoms with Crippen LogP contribution in [-0.2, 0) is 10.0 Å². The Bertz CT molecular complexity index is 327. The van der Waals surface area contributed by atoms with Gasteiger partial charge in [-0.2, -0.15) is 0 Å². The van der Waals surface area contributed by atoms with Gasteiger partial charge in [-0.05, 0) is 24.7 Å². The van der Waals surface area contributed by atoms with Gasteiger partial charge < -0.3 is 5.32 Å². The predicted octanol–water partition coefficient (Wildman–Crippen LogP) is 1.34. The molecule has 2 N–H and O–H groups in total. The molecule has 0 heterocycles. The van der Waals surface area contributed by atoms with Gasteiger partial charge in [0.1, 0.15) is 0 Å². The number of nitrogens with one attached hydrogen (secondary N) is 2. The normalized spacial score (nSPS) is 30.1. The maximum atomic E-state index is 11.9. The molecule has 0 radical (unpaired) electrons. The molecule has 1 fully saturated rings. The summed E-state index contributed by atoms with van der Waals surface area (Å²) >= 11 is 0. The summed E-state index contributed by atoms with van der Waals surface area (Å²) in [4.78, 5) is 0. The summed E-state index contributed by atoms with van der Waals surface area (Å²) in [5, 5.41) is 3.13. The first-order valence-corrected chi connectivity index (χ1v) is 8.20. The van der Waals surface area contributed by atoms with Gasteiger partial charge in [-0.15, -0.1) is 0 Å². The lowest BCUT2D eigenvalue weighted by Crippen LogP contribution is -2.41. The molecular formula is C12H26N2O2S. The average Bonchev–Trinajstić information content (AvgIpc) is 2.48. The van der Waals surface area contributed by atoms with E-state index in [1.807, 2.05) is 13.8 Å². The molecule has 0 aromatic carbocycles. The highest BCUT2D eigenvalue weighted by molar-refractivity contribution is 7.89. The van der Waals surface area contributed by atoms with Crippen molar-refractivity contribution in [1.82, 2.24) is 10.0 Å². The first-order valence-electron chi connectivity index (χ1n) is 6.55. The van der Waals surface area contributed by atoms with Gasteiger partial charge in [0.05, 0.1) is 5.75 Å². The minimum Gasteiger partial charge on any atom is -0.313 e. The summed E-state index contributed by atoms with van der Waals surface area (Å²) in [6.07, 6.45) is 2.10. The van der Waals surface area contributed by atoms with Gasteiger partial charge in [-0.1, -0.05) is 27.7 Å². The fourth-order valence-electron chi connectivity index (χ4n) is 2.30. The van der Waals surface area contributed by atoms with E-state index in [-0.39, 0.29) is 11.8 Å². The zero-order valence-electron chi connectivity index (χ0n) is 11.4. The Hall–Kier alpha value is -0.130. The Morgan fingerprint density at radius 1 is 1.24 bits per heavy atom. The molecule has 17 heavy (non-hydrogen) atoms. The second kappa shape index (κ2) is 6.16. The second-order valence-electron chi connectivity index (χ2n) is 5.57. The highest BCUT2D eigenvalue weighted by Gasteiger charge is 2.32. The van der Waals surface area contributed by atoms with Crippen molar-refractivity contribution < 1.29 is 8.42 Å². The van der Waals surface area contributed by atoms with Gasteiger partial charge >= 0.3 is 0 Å². The van der Waals surface area contributed by atoms with Crippen LogP contribution in [0.15, 0.2) is 0 Å². The Morgan fingerprint density at radius 2 is 1.88 bits per heavy atom. The first kappa shape index (κ1) is 14.9. The molecule has 0 bridgehead atoms. The van der Waals surface area contributed by atoms with Crippen molar-refractivity contribution in [1.29, 1.82) is 0 Å². The fourth-order valence-corrected chi connectivity index (χ4v) is 3.60. The predicted molar refractivity (Wildman–Crippen MR) is 71.4 cm³/mol. The summed E-state index contributed by atoms with van der Waals surface area (Å²) in [6.45, 7) is 8.88. The van der Waals surface area contributed by atoms with Crippen molar-refractivity contribution in [2.45, 2.75) is 52.6 Å². The maximum absolute atomic E-state index is 11.9. The molecule has 0 aliphatic heterocycles. The van der Waals surface area contributed by atoms with Crippen LogP contribution in [0.2, 0.25) is 0 Å². The van der Waals surface area contributed by atoms with Crippen LogP contribution >= 0.6 is 0 Å². The van der Waals surface area contributed by atoms with Crippen LogP contribution in [-0.4, -0.2) is 32.8 Å². The molecule has 4 nitrogen and oxygen atoms in total. The molecule has 0 aromatic rings. The third kappa shape index (κ3) is 4.94. The van der Waals surface area contributed by atoms with E-state index < -0.39 is 10.0 Å². The monoisotopic (exact) mass is 262 g/mol. The largest absolute Gasteiger partial charge is 0.313 e. The van der Waals surface area contributed by atoms with Gasteiger partial charge in [0.15, 0.2) is 0 Å². The van der Waals surface area contributed by atoms with Gasteiger partial charge in [0.25, 0.3) is 0 Å². The molecule has 1 rings (SSSR count). The summed E-state index contributed by atoms with van der Waals surface area (Å²) in [6, 6.07) is 0.463. The van der Waals surface area contributed by atoms with E-state index in [4.69, 9.17) is 0 Å². The Labute approximate surface area is 106 Å². The van der Waals surface area contributed by atoms with E-state index in [0.717, 1.165) is 12.8 Å². The number of hydrogen-bond donors (Lipinski definition) is 2. The maximum Gasteiger partial charge on any atom is 0.213 e.